The zero-order valence-corrected chi connectivity index (χ0v) is 8.93. The second kappa shape index (κ2) is 4.79. The summed E-state index contributed by atoms with van der Waals surface area (Å²) in [7, 11) is 0. The number of halogens is 2. The zero-order chi connectivity index (χ0) is 13.1. The molecule has 0 amide bonds. The molecule has 0 aliphatic carbocycles. The lowest BCUT2D eigenvalue weighted by atomic mass is 10.2. The third-order valence-corrected chi connectivity index (χ3v) is 2.13. The van der Waals surface area contributed by atoms with Gasteiger partial charge in [0.05, 0.1) is 6.20 Å². The van der Waals surface area contributed by atoms with Crippen molar-refractivity contribution in [2.24, 2.45) is 0 Å². The number of hydrogen-bond donors (Lipinski definition) is 1. The topological polar surface area (TPSA) is 59.4 Å². The summed E-state index contributed by atoms with van der Waals surface area (Å²) in [5.74, 6) is -3.28. The fourth-order valence-electron chi connectivity index (χ4n) is 1.31. The average Bonchev–Trinajstić information content (AvgIpc) is 2.33. The fourth-order valence-corrected chi connectivity index (χ4v) is 1.31. The third-order valence-electron chi connectivity index (χ3n) is 2.13. The number of aromatic carboxylic acids is 1. The van der Waals surface area contributed by atoms with E-state index in [2.05, 4.69) is 4.98 Å². The van der Waals surface area contributed by atoms with E-state index >= 15 is 0 Å². The van der Waals surface area contributed by atoms with E-state index in [1.807, 2.05) is 0 Å². The van der Waals surface area contributed by atoms with E-state index in [9.17, 15) is 13.6 Å². The molecule has 0 aliphatic rings. The summed E-state index contributed by atoms with van der Waals surface area (Å²) in [6, 6.07) is 3.95. The predicted molar refractivity (Wildman–Crippen MR) is 57.6 cm³/mol. The Bertz CT molecular complexity index is 602. The molecule has 1 aromatic carbocycles. The largest absolute Gasteiger partial charge is 0.478 e. The van der Waals surface area contributed by atoms with Crippen LogP contribution in [0.25, 0.3) is 0 Å². The standard InChI is InChI=1S/C12H7F2NO3/c13-7-1-2-10(9(14)5-7)18-11-6-15-4-3-8(11)12(16)17/h1-6H,(H,16,17). The molecule has 2 aromatic rings. The normalized spacial score (nSPS) is 10.1. The minimum atomic E-state index is -1.23. The number of carbonyl (C=O) groups is 1. The highest BCUT2D eigenvalue weighted by molar-refractivity contribution is 5.90. The zero-order valence-electron chi connectivity index (χ0n) is 8.93. The highest BCUT2D eigenvalue weighted by atomic mass is 19.1. The van der Waals surface area contributed by atoms with Crippen LogP contribution in [0.5, 0.6) is 11.5 Å². The van der Waals surface area contributed by atoms with Crippen molar-refractivity contribution in [1.29, 1.82) is 0 Å². The summed E-state index contributed by atoms with van der Waals surface area (Å²) >= 11 is 0. The van der Waals surface area contributed by atoms with Crippen molar-refractivity contribution in [3.05, 3.63) is 53.9 Å². The van der Waals surface area contributed by atoms with Crippen LogP contribution in [0.1, 0.15) is 10.4 Å². The molecule has 1 aromatic heterocycles. The molecule has 92 valence electrons. The van der Waals surface area contributed by atoms with Crippen LogP contribution in [0.2, 0.25) is 0 Å². The summed E-state index contributed by atoms with van der Waals surface area (Å²) in [6.07, 6.45) is 2.42. The number of nitrogens with zero attached hydrogens (tertiary/aromatic N) is 1. The van der Waals surface area contributed by atoms with Gasteiger partial charge in [0, 0.05) is 12.3 Å². The Balaban J connectivity index is 2.37. The Labute approximate surface area is 100 Å². The summed E-state index contributed by atoms with van der Waals surface area (Å²) < 4.78 is 31.1. The fraction of sp³-hybridized carbons (Fsp3) is 0. The van der Waals surface area contributed by atoms with Crippen molar-refractivity contribution in [1.82, 2.24) is 4.98 Å². The smallest absolute Gasteiger partial charge is 0.339 e. The van der Waals surface area contributed by atoms with Crippen LogP contribution in [-0.4, -0.2) is 16.1 Å². The van der Waals surface area contributed by atoms with E-state index in [1.165, 1.54) is 12.3 Å². The van der Waals surface area contributed by atoms with Crippen molar-refractivity contribution in [2.75, 3.05) is 0 Å². The molecule has 0 fully saturated rings. The SMILES string of the molecule is O=C(O)c1ccncc1Oc1ccc(F)cc1F. The monoisotopic (exact) mass is 251 g/mol. The maximum absolute atomic E-state index is 13.3. The lowest BCUT2D eigenvalue weighted by Crippen LogP contribution is -2.01. The van der Waals surface area contributed by atoms with Crippen LogP contribution in [-0.2, 0) is 0 Å². The van der Waals surface area contributed by atoms with E-state index in [1.54, 1.807) is 0 Å². The number of aromatic nitrogens is 1. The molecule has 0 spiro atoms. The van der Waals surface area contributed by atoms with Gasteiger partial charge in [-0.2, -0.15) is 0 Å². The maximum Gasteiger partial charge on any atom is 0.339 e. The first-order valence-corrected chi connectivity index (χ1v) is 4.88. The molecular formula is C12H7F2NO3. The second-order valence-corrected chi connectivity index (χ2v) is 3.35. The molecule has 1 heterocycles. The first-order chi connectivity index (χ1) is 8.58. The van der Waals surface area contributed by atoms with Gasteiger partial charge >= 0.3 is 5.97 Å². The minimum absolute atomic E-state index is 0.115. The summed E-state index contributed by atoms with van der Waals surface area (Å²) in [6.45, 7) is 0. The van der Waals surface area contributed by atoms with Crippen molar-refractivity contribution in [3.63, 3.8) is 0 Å². The minimum Gasteiger partial charge on any atom is -0.478 e. The Morgan fingerprint density at radius 3 is 2.67 bits per heavy atom. The maximum atomic E-state index is 13.3. The van der Waals surface area contributed by atoms with Gasteiger partial charge in [0.15, 0.2) is 17.3 Å². The molecule has 0 radical (unpaired) electrons. The number of ether oxygens (including phenoxy) is 1. The number of pyridine rings is 1. The van der Waals surface area contributed by atoms with Crippen LogP contribution in [0.4, 0.5) is 8.78 Å². The van der Waals surface area contributed by atoms with Gasteiger partial charge in [0.2, 0.25) is 0 Å². The van der Waals surface area contributed by atoms with Crippen molar-refractivity contribution < 1.29 is 23.4 Å². The van der Waals surface area contributed by atoms with E-state index in [0.717, 1.165) is 18.3 Å². The number of carboxylic acid groups (broad SMARTS) is 1. The van der Waals surface area contributed by atoms with Gasteiger partial charge in [0.25, 0.3) is 0 Å². The molecule has 4 nitrogen and oxygen atoms in total. The van der Waals surface area contributed by atoms with Gasteiger partial charge in [-0.3, -0.25) is 4.98 Å². The van der Waals surface area contributed by atoms with Crippen molar-refractivity contribution in [2.45, 2.75) is 0 Å². The summed E-state index contributed by atoms with van der Waals surface area (Å²) in [5.41, 5.74) is -0.159. The summed E-state index contributed by atoms with van der Waals surface area (Å²) in [5, 5.41) is 8.90. The van der Waals surface area contributed by atoms with Crippen LogP contribution >= 0.6 is 0 Å². The van der Waals surface area contributed by atoms with E-state index in [-0.39, 0.29) is 17.1 Å². The third kappa shape index (κ3) is 2.42. The van der Waals surface area contributed by atoms with E-state index in [0.29, 0.717) is 6.07 Å². The molecule has 2 rings (SSSR count). The lowest BCUT2D eigenvalue weighted by Gasteiger charge is -2.08. The lowest BCUT2D eigenvalue weighted by molar-refractivity contribution is 0.0694. The molecule has 0 aliphatic heterocycles. The van der Waals surface area contributed by atoms with Gasteiger partial charge in [-0.25, -0.2) is 13.6 Å². The van der Waals surface area contributed by atoms with E-state index in [4.69, 9.17) is 9.84 Å². The van der Waals surface area contributed by atoms with E-state index < -0.39 is 17.6 Å². The molecule has 6 heteroatoms. The Hall–Kier alpha value is -2.50. The molecular weight excluding hydrogens is 244 g/mol. The predicted octanol–water partition coefficient (Wildman–Crippen LogP) is 2.85. The quantitative estimate of drug-likeness (QED) is 0.911. The van der Waals surface area contributed by atoms with Gasteiger partial charge in [0.1, 0.15) is 11.4 Å². The molecule has 0 saturated carbocycles. The number of rotatable bonds is 3. The number of hydrogen-bond acceptors (Lipinski definition) is 3. The van der Waals surface area contributed by atoms with Crippen LogP contribution < -0.4 is 4.74 Å². The van der Waals surface area contributed by atoms with Gasteiger partial charge in [-0.05, 0) is 18.2 Å². The number of benzene rings is 1. The Morgan fingerprint density at radius 1 is 1.22 bits per heavy atom. The highest BCUT2D eigenvalue weighted by Crippen LogP contribution is 2.27. The average molecular weight is 251 g/mol. The van der Waals surface area contributed by atoms with Gasteiger partial charge in [-0.15, -0.1) is 0 Å². The first-order valence-electron chi connectivity index (χ1n) is 4.88. The van der Waals surface area contributed by atoms with Crippen LogP contribution in [0.3, 0.4) is 0 Å². The van der Waals surface area contributed by atoms with Crippen LogP contribution in [0.15, 0.2) is 36.7 Å². The molecule has 0 unspecified atom stereocenters. The van der Waals surface area contributed by atoms with Gasteiger partial charge in [-0.1, -0.05) is 0 Å². The van der Waals surface area contributed by atoms with Crippen LogP contribution in [0, 0.1) is 11.6 Å². The highest BCUT2D eigenvalue weighted by Gasteiger charge is 2.13. The molecule has 18 heavy (non-hydrogen) atoms. The molecule has 0 atom stereocenters. The first kappa shape index (κ1) is 12.0. The van der Waals surface area contributed by atoms with Gasteiger partial charge < -0.3 is 9.84 Å². The number of carboxylic acids is 1. The Morgan fingerprint density at radius 2 is 2.00 bits per heavy atom. The van der Waals surface area contributed by atoms with Crippen molar-refractivity contribution >= 4 is 5.97 Å². The Kier molecular flexibility index (Phi) is 3.18. The van der Waals surface area contributed by atoms with Crippen molar-refractivity contribution in [3.8, 4) is 11.5 Å². The molecule has 0 saturated heterocycles. The summed E-state index contributed by atoms with van der Waals surface area (Å²) in [4.78, 5) is 14.6. The molecule has 0 bridgehead atoms. The second-order valence-electron chi connectivity index (χ2n) is 3.35. The molecule has 1 N–H and O–H groups in total.